The molecule has 0 aliphatic rings. The SMILES string of the molecule is CC#CCCNC(CN)c1ccc(OC)cc1OC. The van der Waals surface area contributed by atoms with Crippen LogP contribution >= 0.6 is 0 Å². The lowest BCUT2D eigenvalue weighted by atomic mass is 10.1. The molecule has 0 spiro atoms. The Balaban J connectivity index is 2.80. The topological polar surface area (TPSA) is 56.5 Å². The van der Waals surface area contributed by atoms with Crippen LogP contribution in [0.25, 0.3) is 0 Å². The number of hydrogen-bond donors (Lipinski definition) is 2. The first kappa shape index (κ1) is 15.4. The molecule has 0 aromatic heterocycles. The second-order valence-electron chi connectivity index (χ2n) is 4.03. The Labute approximate surface area is 115 Å². The molecule has 3 N–H and O–H groups in total. The number of nitrogens with two attached hydrogens (primary N) is 1. The lowest BCUT2D eigenvalue weighted by molar-refractivity contribution is 0.384. The number of rotatable bonds is 7. The fourth-order valence-corrected chi connectivity index (χ4v) is 1.86. The molecule has 1 aromatic carbocycles. The maximum atomic E-state index is 5.83. The van der Waals surface area contributed by atoms with Crippen LogP contribution in [0.15, 0.2) is 18.2 Å². The fraction of sp³-hybridized carbons (Fsp3) is 0.467. The first-order valence-corrected chi connectivity index (χ1v) is 6.31. The summed E-state index contributed by atoms with van der Waals surface area (Å²) in [5.74, 6) is 7.45. The number of nitrogens with one attached hydrogen (secondary N) is 1. The Morgan fingerprint density at radius 3 is 2.68 bits per heavy atom. The predicted octanol–water partition coefficient (Wildman–Crippen LogP) is 1.71. The van der Waals surface area contributed by atoms with Gasteiger partial charge in [-0.25, -0.2) is 0 Å². The van der Waals surface area contributed by atoms with Gasteiger partial charge in [0.15, 0.2) is 0 Å². The smallest absolute Gasteiger partial charge is 0.127 e. The molecule has 4 nitrogen and oxygen atoms in total. The van der Waals surface area contributed by atoms with E-state index in [2.05, 4.69) is 17.2 Å². The normalized spacial score (nSPS) is 11.4. The summed E-state index contributed by atoms with van der Waals surface area (Å²) in [5, 5.41) is 3.38. The zero-order valence-corrected chi connectivity index (χ0v) is 11.8. The maximum absolute atomic E-state index is 5.83. The van der Waals surface area contributed by atoms with E-state index in [1.165, 1.54) is 0 Å². The first-order chi connectivity index (χ1) is 9.26. The zero-order chi connectivity index (χ0) is 14.1. The molecule has 1 aromatic rings. The largest absolute Gasteiger partial charge is 0.497 e. The average molecular weight is 262 g/mol. The Morgan fingerprint density at radius 2 is 2.11 bits per heavy atom. The fourth-order valence-electron chi connectivity index (χ4n) is 1.86. The van der Waals surface area contributed by atoms with E-state index < -0.39 is 0 Å². The van der Waals surface area contributed by atoms with Gasteiger partial charge in [0.05, 0.1) is 14.2 Å². The molecule has 0 saturated carbocycles. The van der Waals surface area contributed by atoms with Gasteiger partial charge in [-0.15, -0.1) is 11.8 Å². The van der Waals surface area contributed by atoms with Gasteiger partial charge in [0.1, 0.15) is 11.5 Å². The molecule has 0 amide bonds. The van der Waals surface area contributed by atoms with Crippen molar-refractivity contribution in [2.75, 3.05) is 27.3 Å². The average Bonchev–Trinajstić information content (AvgIpc) is 2.47. The number of ether oxygens (including phenoxy) is 2. The van der Waals surface area contributed by atoms with Crippen LogP contribution < -0.4 is 20.5 Å². The van der Waals surface area contributed by atoms with Crippen molar-refractivity contribution in [2.45, 2.75) is 19.4 Å². The van der Waals surface area contributed by atoms with E-state index in [0.29, 0.717) is 6.54 Å². The minimum absolute atomic E-state index is 0.0551. The van der Waals surface area contributed by atoms with Crippen molar-refractivity contribution in [3.05, 3.63) is 23.8 Å². The van der Waals surface area contributed by atoms with Crippen LogP contribution in [0.5, 0.6) is 11.5 Å². The van der Waals surface area contributed by atoms with E-state index in [1.807, 2.05) is 25.1 Å². The van der Waals surface area contributed by atoms with E-state index in [-0.39, 0.29) is 6.04 Å². The van der Waals surface area contributed by atoms with Crippen LogP contribution in [0.2, 0.25) is 0 Å². The van der Waals surface area contributed by atoms with Crippen molar-refractivity contribution in [2.24, 2.45) is 5.73 Å². The molecule has 1 unspecified atom stereocenters. The van der Waals surface area contributed by atoms with Crippen molar-refractivity contribution >= 4 is 0 Å². The summed E-state index contributed by atoms with van der Waals surface area (Å²) in [6.07, 6.45) is 0.811. The molecule has 104 valence electrons. The van der Waals surface area contributed by atoms with Crippen molar-refractivity contribution < 1.29 is 9.47 Å². The highest BCUT2D eigenvalue weighted by atomic mass is 16.5. The van der Waals surface area contributed by atoms with Crippen molar-refractivity contribution in [3.8, 4) is 23.3 Å². The van der Waals surface area contributed by atoms with Gasteiger partial charge in [-0.05, 0) is 13.0 Å². The molecule has 1 atom stereocenters. The summed E-state index contributed by atoms with van der Waals surface area (Å²) < 4.78 is 10.6. The summed E-state index contributed by atoms with van der Waals surface area (Å²) in [6, 6.07) is 5.81. The van der Waals surface area contributed by atoms with E-state index in [0.717, 1.165) is 30.0 Å². The van der Waals surface area contributed by atoms with Crippen LogP contribution in [-0.4, -0.2) is 27.3 Å². The molecule has 0 aliphatic heterocycles. The standard InChI is InChI=1S/C15H22N2O2/c1-4-5-6-9-17-14(11-16)13-8-7-12(18-2)10-15(13)19-3/h7-8,10,14,17H,6,9,11,16H2,1-3H3. The lowest BCUT2D eigenvalue weighted by Gasteiger charge is -2.20. The number of methoxy groups -OCH3 is 2. The Hall–Kier alpha value is -1.70. The van der Waals surface area contributed by atoms with Gasteiger partial charge < -0.3 is 20.5 Å². The summed E-state index contributed by atoms with van der Waals surface area (Å²) in [4.78, 5) is 0. The van der Waals surface area contributed by atoms with Crippen LogP contribution in [-0.2, 0) is 0 Å². The van der Waals surface area contributed by atoms with Gasteiger partial charge in [0.2, 0.25) is 0 Å². The third kappa shape index (κ3) is 4.47. The Morgan fingerprint density at radius 1 is 1.32 bits per heavy atom. The van der Waals surface area contributed by atoms with Gasteiger partial charge >= 0.3 is 0 Å². The Kier molecular flexibility index (Phi) is 6.80. The third-order valence-electron chi connectivity index (χ3n) is 2.87. The van der Waals surface area contributed by atoms with E-state index in [4.69, 9.17) is 15.2 Å². The number of benzene rings is 1. The predicted molar refractivity (Wildman–Crippen MR) is 77.4 cm³/mol. The van der Waals surface area contributed by atoms with Crippen molar-refractivity contribution in [1.29, 1.82) is 0 Å². The molecule has 0 aliphatic carbocycles. The summed E-state index contributed by atoms with van der Waals surface area (Å²) in [7, 11) is 3.28. The van der Waals surface area contributed by atoms with E-state index in [1.54, 1.807) is 14.2 Å². The van der Waals surface area contributed by atoms with Crippen LogP contribution in [0.3, 0.4) is 0 Å². The summed E-state index contributed by atoms with van der Waals surface area (Å²) >= 11 is 0. The highest BCUT2D eigenvalue weighted by Gasteiger charge is 2.14. The highest BCUT2D eigenvalue weighted by Crippen LogP contribution is 2.29. The number of hydrogen-bond acceptors (Lipinski definition) is 4. The molecule has 0 saturated heterocycles. The lowest BCUT2D eigenvalue weighted by Crippen LogP contribution is -2.29. The summed E-state index contributed by atoms with van der Waals surface area (Å²) in [6.45, 7) is 3.15. The summed E-state index contributed by atoms with van der Waals surface area (Å²) in [5.41, 5.74) is 6.87. The molecule has 1 rings (SSSR count). The van der Waals surface area contributed by atoms with E-state index >= 15 is 0 Å². The second kappa shape index (κ2) is 8.41. The molecular formula is C15H22N2O2. The molecule has 0 bridgehead atoms. The maximum Gasteiger partial charge on any atom is 0.127 e. The van der Waals surface area contributed by atoms with Gasteiger partial charge in [-0.1, -0.05) is 6.07 Å². The molecule has 19 heavy (non-hydrogen) atoms. The van der Waals surface area contributed by atoms with Crippen molar-refractivity contribution in [1.82, 2.24) is 5.32 Å². The van der Waals surface area contributed by atoms with Gasteiger partial charge in [0, 0.05) is 37.2 Å². The molecule has 0 radical (unpaired) electrons. The zero-order valence-electron chi connectivity index (χ0n) is 11.8. The van der Waals surface area contributed by atoms with Gasteiger partial charge in [-0.2, -0.15) is 0 Å². The molecular weight excluding hydrogens is 240 g/mol. The third-order valence-corrected chi connectivity index (χ3v) is 2.87. The van der Waals surface area contributed by atoms with Crippen LogP contribution in [0.1, 0.15) is 24.9 Å². The van der Waals surface area contributed by atoms with Gasteiger partial charge in [0.25, 0.3) is 0 Å². The minimum Gasteiger partial charge on any atom is -0.497 e. The first-order valence-electron chi connectivity index (χ1n) is 6.31. The van der Waals surface area contributed by atoms with Crippen LogP contribution in [0, 0.1) is 11.8 Å². The van der Waals surface area contributed by atoms with Crippen molar-refractivity contribution in [3.63, 3.8) is 0 Å². The second-order valence-corrected chi connectivity index (χ2v) is 4.03. The Bertz CT molecular complexity index is 449. The molecule has 0 heterocycles. The molecule has 0 fully saturated rings. The monoisotopic (exact) mass is 262 g/mol. The molecule has 4 heteroatoms. The quantitative estimate of drug-likeness (QED) is 0.580. The van der Waals surface area contributed by atoms with E-state index in [9.17, 15) is 0 Å². The minimum atomic E-state index is 0.0551. The highest BCUT2D eigenvalue weighted by molar-refractivity contribution is 5.42. The van der Waals surface area contributed by atoms with Gasteiger partial charge in [-0.3, -0.25) is 0 Å². The van der Waals surface area contributed by atoms with Crippen LogP contribution in [0.4, 0.5) is 0 Å².